The lowest BCUT2D eigenvalue weighted by Gasteiger charge is -2.25. The minimum absolute atomic E-state index is 0.0401. The molecule has 2 rings (SSSR count). The standard InChI is InChI=1S/C11H13BrFN/c1-11(5-2-6-14-11)8-3-4-9(12)10(13)7-8/h3-4,7,14H,2,5-6H2,1H3. The van der Waals surface area contributed by atoms with E-state index in [0.717, 1.165) is 24.9 Å². The van der Waals surface area contributed by atoms with E-state index in [4.69, 9.17) is 0 Å². The zero-order valence-corrected chi connectivity index (χ0v) is 9.70. The Morgan fingerprint density at radius 2 is 2.29 bits per heavy atom. The van der Waals surface area contributed by atoms with Crippen molar-refractivity contribution in [2.45, 2.75) is 25.3 Å². The lowest BCUT2D eigenvalue weighted by Crippen LogP contribution is -2.33. The van der Waals surface area contributed by atoms with Crippen LogP contribution in [0.2, 0.25) is 0 Å². The average molecular weight is 258 g/mol. The lowest BCUT2D eigenvalue weighted by atomic mass is 9.91. The summed E-state index contributed by atoms with van der Waals surface area (Å²) < 4.78 is 13.9. The van der Waals surface area contributed by atoms with E-state index in [1.54, 1.807) is 12.1 Å². The molecule has 1 aliphatic rings. The van der Waals surface area contributed by atoms with Gasteiger partial charge in [-0.15, -0.1) is 0 Å². The summed E-state index contributed by atoms with van der Waals surface area (Å²) in [5, 5.41) is 3.41. The molecule has 1 saturated heterocycles. The van der Waals surface area contributed by atoms with E-state index in [1.165, 1.54) is 0 Å². The van der Waals surface area contributed by atoms with Gasteiger partial charge in [0.25, 0.3) is 0 Å². The Morgan fingerprint density at radius 3 is 2.86 bits per heavy atom. The normalized spacial score (nSPS) is 26.8. The van der Waals surface area contributed by atoms with E-state index in [2.05, 4.69) is 28.2 Å². The van der Waals surface area contributed by atoms with Gasteiger partial charge in [-0.2, -0.15) is 0 Å². The zero-order chi connectivity index (χ0) is 10.2. The van der Waals surface area contributed by atoms with Gasteiger partial charge in [-0.05, 0) is 59.9 Å². The van der Waals surface area contributed by atoms with Crippen LogP contribution in [0.4, 0.5) is 4.39 Å². The molecule has 1 nitrogen and oxygen atoms in total. The fraction of sp³-hybridized carbons (Fsp3) is 0.455. The van der Waals surface area contributed by atoms with Gasteiger partial charge in [0.2, 0.25) is 0 Å². The monoisotopic (exact) mass is 257 g/mol. The van der Waals surface area contributed by atoms with Gasteiger partial charge < -0.3 is 5.32 Å². The van der Waals surface area contributed by atoms with Crippen LogP contribution in [0, 0.1) is 5.82 Å². The molecular formula is C11H13BrFN. The Balaban J connectivity index is 2.36. The van der Waals surface area contributed by atoms with Crippen LogP contribution >= 0.6 is 15.9 Å². The summed E-state index contributed by atoms with van der Waals surface area (Å²) in [6.45, 7) is 3.15. The first-order chi connectivity index (χ1) is 6.62. The predicted molar refractivity (Wildman–Crippen MR) is 58.7 cm³/mol. The van der Waals surface area contributed by atoms with Crippen LogP contribution < -0.4 is 5.32 Å². The third kappa shape index (κ3) is 1.71. The molecule has 1 heterocycles. The zero-order valence-electron chi connectivity index (χ0n) is 8.11. The van der Waals surface area contributed by atoms with Crippen LogP contribution in [0.3, 0.4) is 0 Å². The molecule has 0 radical (unpaired) electrons. The first-order valence-corrected chi connectivity index (χ1v) is 5.62. The van der Waals surface area contributed by atoms with Crippen molar-refractivity contribution in [2.24, 2.45) is 0 Å². The SMILES string of the molecule is CC1(c2ccc(Br)c(F)c2)CCCN1. The highest BCUT2D eigenvalue weighted by atomic mass is 79.9. The highest BCUT2D eigenvalue weighted by Crippen LogP contribution is 2.31. The van der Waals surface area contributed by atoms with Crippen molar-refractivity contribution in [1.82, 2.24) is 5.32 Å². The molecule has 0 bridgehead atoms. The van der Waals surface area contributed by atoms with Crippen molar-refractivity contribution in [3.05, 3.63) is 34.1 Å². The molecule has 1 aromatic carbocycles. The molecule has 1 N–H and O–H groups in total. The Kier molecular flexibility index (Phi) is 2.62. The fourth-order valence-electron chi connectivity index (χ4n) is 1.98. The van der Waals surface area contributed by atoms with Gasteiger partial charge in [-0.1, -0.05) is 6.07 Å². The van der Waals surface area contributed by atoms with Crippen LogP contribution in [-0.2, 0) is 5.54 Å². The first kappa shape index (κ1) is 10.1. The summed E-state index contributed by atoms with van der Waals surface area (Å²) >= 11 is 3.16. The molecular weight excluding hydrogens is 245 g/mol. The second-order valence-electron chi connectivity index (χ2n) is 3.99. The molecule has 1 aromatic rings. The summed E-state index contributed by atoms with van der Waals surface area (Å²) in [6, 6.07) is 5.36. The van der Waals surface area contributed by atoms with E-state index in [-0.39, 0.29) is 11.4 Å². The van der Waals surface area contributed by atoms with Crippen LogP contribution in [0.1, 0.15) is 25.3 Å². The predicted octanol–water partition coefficient (Wildman–Crippen LogP) is 3.19. The lowest BCUT2D eigenvalue weighted by molar-refractivity contribution is 0.431. The van der Waals surface area contributed by atoms with Crippen LogP contribution in [0.5, 0.6) is 0 Å². The molecule has 3 heteroatoms. The molecule has 1 atom stereocenters. The third-order valence-corrected chi connectivity index (χ3v) is 3.57. The fourth-order valence-corrected chi connectivity index (χ4v) is 2.23. The Labute approximate surface area is 91.8 Å². The number of halogens is 2. The van der Waals surface area contributed by atoms with Gasteiger partial charge in [0.1, 0.15) is 5.82 Å². The second-order valence-corrected chi connectivity index (χ2v) is 4.85. The summed E-state index contributed by atoms with van der Waals surface area (Å²) in [5.74, 6) is -0.183. The maximum Gasteiger partial charge on any atom is 0.137 e. The largest absolute Gasteiger partial charge is 0.308 e. The third-order valence-electron chi connectivity index (χ3n) is 2.93. The van der Waals surface area contributed by atoms with E-state index < -0.39 is 0 Å². The summed E-state index contributed by atoms with van der Waals surface area (Å²) in [6.07, 6.45) is 2.24. The Hall–Kier alpha value is -0.410. The molecule has 14 heavy (non-hydrogen) atoms. The van der Waals surface area contributed by atoms with Crippen molar-refractivity contribution in [1.29, 1.82) is 0 Å². The maximum atomic E-state index is 13.3. The van der Waals surface area contributed by atoms with E-state index in [0.29, 0.717) is 4.47 Å². The van der Waals surface area contributed by atoms with Gasteiger partial charge in [0, 0.05) is 5.54 Å². The number of hydrogen-bond donors (Lipinski definition) is 1. The minimum atomic E-state index is -0.183. The number of nitrogens with one attached hydrogen (secondary N) is 1. The van der Waals surface area contributed by atoms with Crippen molar-refractivity contribution in [2.75, 3.05) is 6.54 Å². The van der Waals surface area contributed by atoms with Crippen LogP contribution in [0.15, 0.2) is 22.7 Å². The van der Waals surface area contributed by atoms with Crippen molar-refractivity contribution >= 4 is 15.9 Å². The van der Waals surface area contributed by atoms with E-state index >= 15 is 0 Å². The average Bonchev–Trinajstić information content (AvgIpc) is 2.58. The Bertz CT molecular complexity index is 345. The van der Waals surface area contributed by atoms with Crippen molar-refractivity contribution in [3.8, 4) is 0 Å². The quantitative estimate of drug-likeness (QED) is 0.815. The molecule has 0 saturated carbocycles. The van der Waals surface area contributed by atoms with Gasteiger partial charge in [0.05, 0.1) is 4.47 Å². The van der Waals surface area contributed by atoms with E-state index in [9.17, 15) is 4.39 Å². The molecule has 1 fully saturated rings. The smallest absolute Gasteiger partial charge is 0.137 e. The molecule has 0 aromatic heterocycles. The highest BCUT2D eigenvalue weighted by molar-refractivity contribution is 9.10. The first-order valence-electron chi connectivity index (χ1n) is 4.82. The summed E-state index contributed by atoms with van der Waals surface area (Å²) in [4.78, 5) is 0. The molecule has 0 aliphatic carbocycles. The molecule has 76 valence electrons. The van der Waals surface area contributed by atoms with Crippen molar-refractivity contribution < 1.29 is 4.39 Å². The number of hydrogen-bond acceptors (Lipinski definition) is 1. The number of rotatable bonds is 1. The van der Waals surface area contributed by atoms with Crippen molar-refractivity contribution in [3.63, 3.8) is 0 Å². The number of benzene rings is 1. The van der Waals surface area contributed by atoms with Gasteiger partial charge >= 0.3 is 0 Å². The minimum Gasteiger partial charge on any atom is -0.308 e. The summed E-state index contributed by atoms with van der Waals surface area (Å²) in [7, 11) is 0. The van der Waals surface area contributed by atoms with E-state index in [1.807, 2.05) is 6.07 Å². The molecule has 0 amide bonds. The van der Waals surface area contributed by atoms with Crippen LogP contribution in [0.25, 0.3) is 0 Å². The molecule has 1 aliphatic heterocycles. The summed E-state index contributed by atoms with van der Waals surface area (Å²) in [5.41, 5.74) is 0.998. The Morgan fingerprint density at radius 1 is 1.50 bits per heavy atom. The molecule has 0 spiro atoms. The maximum absolute atomic E-state index is 13.3. The second kappa shape index (κ2) is 3.63. The van der Waals surface area contributed by atoms with Crippen LogP contribution in [-0.4, -0.2) is 6.54 Å². The molecule has 1 unspecified atom stereocenters. The van der Waals surface area contributed by atoms with Gasteiger partial charge in [0.15, 0.2) is 0 Å². The topological polar surface area (TPSA) is 12.0 Å². The van der Waals surface area contributed by atoms with Gasteiger partial charge in [-0.25, -0.2) is 4.39 Å². The van der Waals surface area contributed by atoms with Gasteiger partial charge in [-0.3, -0.25) is 0 Å². The highest BCUT2D eigenvalue weighted by Gasteiger charge is 2.30.